The number of H-pyrrole nitrogens is 1. The van der Waals surface area contributed by atoms with Gasteiger partial charge in [0, 0.05) is 17.2 Å². The maximum Gasteiger partial charge on any atom is 0.240 e. The minimum Gasteiger partial charge on any atom is -0.338 e. The van der Waals surface area contributed by atoms with Crippen molar-refractivity contribution in [3.05, 3.63) is 72.4 Å². The van der Waals surface area contributed by atoms with Crippen molar-refractivity contribution in [2.24, 2.45) is 0 Å². The number of nitrogens with zero attached hydrogens (tertiary/aromatic N) is 2. The third kappa shape index (κ3) is 4.41. The summed E-state index contributed by atoms with van der Waals surface area (Å²) in [5.41, 5.74) is 4.56. The Morgan fingerprint density at radius 1 is 1.07 bits per heavy atom. The highest BCUT2D eigenvalue weighted by Crippen LogP contribution is 2.33. The van der Waals surface area contributed by atoms with E-state index in [0.717, 1.165) is 22.5 Å². The smallest absolute Gasteiger partial charge is 0.240 e. The van der Waals surface area contributed by atoms with Crippen molar-refractivity contribution in [2.75, 3.05) is 5.32 Å². The average molecular weight is 404 g/mol. The summed E-state index contributed by atoms with van der Waals surface area (Å²) in [5.74, 6) is 0.166. The van der Waals surface area contributed by atoms with Crippen LogP contribution in [0.5, 0.6) is 0 Å². The molecule has 1 atom stereocenters. The maximum absolute atomic E-state index is 12.5. The van der Waals surface area contributed by atoms with E-state index in [1.54, 1.807) is 13.0 Å². The zero-order chi connectivity index (χ0) is 20.2. The molecule has 2 heterocycles. The minimum atomic E-state index is -0.376. The van der Waals surface area contributed by atoms with Gasteiger partial charge in [0.1, 0.15) is 0 Å². The molecule has 0 aliphatic heterocycles. The Labute approximate surface area is 172 Å². The van der Waals surface area contributed by atoms with Crippen LogP contribution in [-0.4, -0.2) is 26.3 Å². The number of aryl methyl sites for hydroxylation is 1. The Morgan fingerprint density at radius 2 is 1.72 bits per heavy atom. The van der Waals surface area contributed by atoms with E-state index in [4.69, 9.17) is 9.51 Å². The summed E-state index contributed by atoms with van der Waals surface area (Å²) < 4.78 is 5.06. The molecule has 0 saturated carbocycles. The molecule has 1 unspecified atom stereocenters. The van der Waals surface area contributed by atoms with E-state index in [9.17, 15) is 4.79 Å². The zero-order valence-electron chi connectivity index (χ0n) is 16.0. The van der Waals surface area contributed by atoms with Crippen molar-refractivity contribution >= 4 is 23.6 Å². The van der Waals surface area contributed by atoms with Crippen molar-refractivity contribution in [2.45, 2.75) is 24.3 Å². The van der Waals surface area contributed by atoms with Gasteiger partial charge in [0.25, 0.3) is 0 Å². The van der Waals surface area contributed by atoms with Crippen LogP contribution < -0.4 is 5.32 Å². The van der Waals surface area contributed by atoms with Crippen LogP contribution in [0.25, 0.3) is 22.5 Å². The molecule has 0 radical (unpaired) electrons. The van der Waals surface area contributed by atoms with Crippen LogP contribution in [0.3, 0.4) is 0 Å². The van der Waals surface area contributed by atoms with E-state index in [2.05, 4.69) is 15.5 Å². The second kappa shape index (κ2) is 8.36. The summed E-state index contributed by atoms with van der Waals surface area (Å²) in [6.45, 7) is 3.63. The zero-order valence-corrected chi connectivity index (χ0v) is 16.9. The van der Waals surface area contributed by atoms with Crippen LogP contribution in [0.4, 0.5) is 5.88 Å². The summed E-state index contributed by atoms with van der Waals surface area (Å²) in [5, 5.41) is 6.82. The largest absolute Gasteiger partial charge is 0.338 e. The molecule has 2 aromatic carbocycles. The SMILES string of the molecule is Cc1cc(NC(=O)C(C)Sc2nc(-c3ccccc3)c(-c3ccccc3)[nH]2)on1. The lowest BCUT2D eigenvalue weighted by molar-refractivity contribution is -0.115. The first kappa shape index (κ1) is 19.0. The third-order valence-electron chi connectivity index (χ3n) is 4.32. The molecule has 0 bridgehead atoms. The van der Waals surface area contributed by atoms with Crippen LogP contribution in [0.1, 0.15) is 12.6 Å². The molecular weight excluding hydrogens is 384 g/mol. The summed E-state index contributed by atoms with van der Waals surface area (Å²) in [7, 11) is 0. The van der Waals surface area contributed by atoms with Gasteiger partial charge in [0.15, 0.2) is 5.16 Å². The van der Waals surface area contributed by atoms with E-state index in [1.807, 2.05) is 67.6 Å². The van der Waals surface area contributed by atoms with Crippen molar-refractivity contribution < 1.29 is 9.32 Å². The highest BCUT2D eigenvalue weighted by Gasteiger charge is 2.20. The maximum atomic E-state index is 12.5. The lowest BCUT2D eigenvalue weighted by atomic mass is 10.1. The van der Waals surface area contributed by atoms with Gasteiger partial charge in [-0.2, -0.15) is 0 Å². The normalized spacial score (nSPS) is 11.9. The van der Waals surface area contributed by atoms with Gasteiger partial charge in [0.2, 0.25) is 11.8 Å². The van der Waals surface area contributed by atoms with Gasteiger partial charge in [-0.15, -0.1) is 0 Å². The molecule has 146 valence electrons. The van der Waals surface area contributed by atoms with Crippen molar-refractivity contribution in [3.63, 3.8) is 0 Å². The van der Waals surface area contributed by atoms with Crippen LogP contribution in [0.15, 0.2) is 76.4 Å². The van der Waals surface area contributed by atoms with Gasteiger partial charge in [-0.1, -0.05) is 77.6 Å². The number of hydrogen-bond donors (Lipinski definition) is 2. The summed E-state index contributed by atoms with van der Waals surface area (Å²) in [6.07, 6.45) is 0. The van der Waals surface area contributed by atoms with E-state index in [1.165, 1.54) is 11.8 Å². The standard InChI is InChI=1S/C22H20N4O2S/c1-14-13-18(28-26-14)23-21(27)15(2)29-22-24-19(16-9-5-3-6-10-16)20(25-22)17-11-7-4-8-12-17/h3-13,15H,1-2H3,(H,23,27)(H,24,25). The molecule has 4 rings (SSSR count). The Bertz CT molecular complexity index is 1050. The molecule has 4 aromatic rings. The first-order valence-corrected chi connectivity index (χ1v) is 10.1. The number of amides is 1. The van der Waals surface area contributed by atoms with Crippen LogP contribution >= 0.6 is 11.8 Å². The van der Waals surface area contributed by atoms with Crippen molar-refractivity contribution in [1.82, 2.24) is 15.1 Å². The molecule has 1 amide bonds. The monoisotopic (exact) mass is 404 g/mol. The molecule has 6 nitrogen and oxygen atoms in total. The number of benzene rings is 2. The van der Waals surface area contributed by atoms with E-state index >= 15 is 0 Å². The highest BCUT2D eigenvalue weighted by atomic mass is 32.2. The van der Waals surface area contributed by atoms with Gasteiger partial charge in [-0.05, 0) is 13.8 Å². The quantitative estimate of drug-likeness (QED) is 0.434. The molecule has 0 fully saturated rings. The lowest BCUT2D eigenvalue weighted by Gasteiger charge is -2.07. The van der Waals surface area contributed by atoms with Gasteiger partial charge in [-0.25, -0.2) is 4.98 Å². The molecule has 0 saturated heterocycles. The minimum absolute atomic E-state index is 0.176. The fraction of sp³-hybridized carbons (Fsp3) is 0.136. The number of carbonyl (C=O) groups is 1. The summed E-state index contributed by atoms with van der Waals surface area (Å²) in [4.78, 5) is 20.7. The number of aromatic nitrogens is 3. The Hall–Kier alpha value is -3.32. The number of imidazole rings is 1. The molecule has 29 heavy (non-hydrogen) atoms. The molecule has 0 aliphatic carbocycles. The van der Waals surface area contributed by atoms with Crippen LogP contribution in [0.2, 0.25) is 0 Å². The molecular formula is C22H20N4O2S. The van der Waals surface area contributed by atoms with Gasteiger partial charge in [-0.3, -0.25) is 10.1 Å². The predicted molar refractivity (Wildman–Crippen MR) is 115 cm³/mol. The number of nitrogens with one attached hydrogen (secondary N) is 2. The molecule has 2 aromatic heterocycles. The summed E-state index contributed by atoms with van der Waals surface area (Å²) in [6, 6.07) is 21.7. The Balaban J connectivity index is 1.59. The van der Waals surface area contributed by atoms with E-state index in [0.29, 0.717) is 16.7 Å². The lowest BCUT2D eigenvalue weighted by Crippen LogP contribution is -2.22. The number of anilines is 1. The Kier molecular flexibility index (Phi) is 5.48. The fourth-order valence-electron chi connectivity index (χ4n) is 2.89. The van der Waals surface area contributed by atoms with Crippen LogP contribution in [-0.2, 0) is 4.79 Å². The Morgan fingerprint density at radius 3 is 2.34 bits per heavy atom. The fourth-order valence-corrected chi connectivity index (χ4v) is 3.70. The van der Waals surface area contributed by atoms with Crippen LogP contribution in [0, 0.1) is 6.92 Å². The molecule has 0 spiro atoms. The number of rotatable bonds is 6. The molecule has 0 aliphatic rings. The number of hydrogen-bond acceptors (Lipinski definition) is 5. The number of aromatic amines is 1. The average Bonchev–Trinajstić information content (AvgIpc) is 3.35. The first-order chi connectivity index (χ1) is 14.1. The number of thioether (sulfide) groups is 1. The van der Waals surface area contributed by atoms with Gasteiger partial charge < -0.3 is 9.51 Å². The number of carbonyl (C=O) groups excluding carboxylic acids is 1. The molecule has 2 N–H and O–H groups in total. The third-order valence-corrected chi connectivity index (χ3v) is 5.31. The predicted octanol–water partition coefficient (Wildman–Crippen LogP) is 5.16. The molecule has 7 heteroatoms. The topological polar surface area (TPSA) is 83.8 Å². The second-order valence-corrected chi connectivity index (χ2v) is 7.91. The van der Waals surface area contributed by atoms with Gasteiger partial charge >= 0.3 is 0 Å². The summed E-state index contributed by atoms with van der Waals surface area (Å²) >= 11 is 1.36. The van der Waals surface area contributed by atoms with E-state index < -0.39 is 0 Å². The second-order valence-electron chi connectivity index (χ2n) is 6.58. The van der Waals surface area contributed by atoms with Crippen molar-refractivity contribution in [3.8, 4) is 22.5 Å². The highest BCUT2D eigenvalue weighted by molar-refractivity contribution is 8.00. The van der Waals surface area contributed by atoms with Gasteiger partial charge in [0.05, 0.1) is 22.3 Å². The van der Waals surface area contributed by atoms with Crippen molar-refractivity contribution in [1.29, 1.82) is 0 Å². The van der Waals surface area contributed by atoms with E-state index in [-0.39, 0.29) is 11.2 Å². The first-order valence-electron chi connectivity index (χ1n) is 9.22.